The molecule has 21 heavy (non-hydrogen) atoms. The van der Waals surface area contributed by atoms with Crippen LogP contribution >= 0.6 is 15.9 Å². The van der Waals surface area contributed by atoms with E-state index >= 15 is 0 Å². The van der Waals surface area contributed by atoms with E-state index in [0.717, 1.165) is 15.8 Å². The van der Waals surface area contributed by atoms with Crippen molar-refractivity contribution < 1.29 is 9.53 Å². The van der Waals surface area contributed by atoms with Gasteiger partial charge in [-0.05, 0) is 53.0 Å². The van der Waals surface area contributed by atoms with Crippen LogP contribution in [0.3, 0.4) is 0 Å². The standard InChI is InChI=1S/C16H17BrN2O2/c1-2-21-14-6-4-3-5-12(14)7-10-16(20)19-15-9-8-13(17)11-18-15/h3-6,8-9,11H,2,7,10H2,1H3,(H,18,19,20). The lowest BCUT2D eigenvalue weighted by Gasteiger charge is -2.09. The number of carbonyl (C=O) groups excluding carboxylic acids is 1. The third-order valence-electron chi connectivity index (χ3n) is 2.89. The van der Waals surface area contributed by atoms with Crippen molar-refractivity contribution in [3.8, 4) is 5.75 Å². The number of pyridine rings is 1. The number of ether oxygens (including phenoxy) is 1. The van der Waals surface area contributed by atoms with Crippen molar-refractivity contribution in [2.75, 3.05) is 11.9 Å². The van der Waals surface area contributed by atoms with Gasteiger partial charge in [0.05, 0.1) is 6.61 Å². The second kappa shape index (κ2) is 7.78. The molecule has 0 saturated carbocycles. The molecule has 0 radical (unpaired) electrons. The summed E-state index contributed by atoms with van der Waals surface area (Å²) in [5, 5.41) is 2.78. The van der Waals surface area contributed by atoms with E-state index in [9.17, 15) is 4.79 Å². The average molecular weight is 349 g/mol. The van der Waals surface area contributed by atoms with Gasteiger partial charge in [0, 0.05) is 17.1 Å². The summed E-state index contributed by atoms with van der Waals surface area (Å²) in [6.45, 7) is 2.56. The first-order valence-electron chi connectivity index (χ1n) is 6.81. The van der Waals surface area contributed by atoms with Crippen molar-refractivity contribution in [2.24, 2.45) is 0 Å². The van der Waals surface area contributed by atoms with E-state index in [-0.39, 0.29) is 5.91 Å². The number of hydrogen-bond acceptors (Lipinski definition) is 3. The Balaban J connectivity index is 1.90. The van der Waals surface area contributed by atoms with Gasteiger partial charge in [-0.15, -0.1) is 0 Å². The number of anilines is 1. The van der Waals surface area contributed by atoms with Gasteiger partial charge < -0.3 is 10.1 Å². The van der Waals surface area contributed by atoms with Crippen molar-refractivity contribution in [1.29, 1.82) is 0 Å². The minimum absolute atomic E-state index is 0.0591. The van der Waals surface area contributed by atoms with E-state index in [2.05, 4.69) is 26.2 Å². The van der Waals surface area contributed by atoms with Gasteiger partial charge >= 0.3 is 0 Å². The van der Waals surface area contributed by atoms with Crippen molar-refractivity contribution >= 4 is 27.7 Å². The Bertz CT molecular complexity index is 599. The maximum atomic E-state index is 11.9. The van der Waals surface area contributed by atoms with Gasteiger partial charge in [-0.1, -0.05) is 18.2 Å². The highest BCUT2D eigenvalue weighted by Crippen LogP contribution is 2.19. The number of rotatable bonds is 6. The number of hydrogen-bond donors (Lipinski definition) is 1. The zero-order chi connectivity index (χ0) is 15.1. The Morgan fingerprint density at radius 3 is 2.81 bits per heavy atom. The van der Waals surface area contributed by atoms with Crippen LogP contribution in [0.15, 0.2) is 47.1 Å². The molecule has 1 amide bonds. The number of nitrogens with one attached hydrogen (secondary N) is 1. The lowest BCUT2D eigenvalue weighted by Crippen LogP contribution is -2.13. The minimum Gasteiger partial charge on any atom is -0.494 e. The van der Waals surface area contributed by atoms with Crippen LogP contribution in [0.25, 0.3) is 0 Å². The Labute approximate surface area is 132 Å². The predicted octanol–water partition coefficient (Wildman–Crippen LogP) is 3.81. The number of para-hydroxylation sites is 1. The highest BCUT2D eigenvalue weighted by molar-refractivity contribution is 9.10. The van der Waals surface area contributed by atoms with Crippen LogP contribution in [0.2, 0.25) is 0 Å². The van der Waals surface area contributed by atoms with Gasteiger partial charge in [0.1, 0.15) is 11.6 Å². The molecule has 0 bridgehead atoms. The quantitative estimate of drug-likeness (QED) is 0.863. The average Bonchev–Trinajstić information content (AvgIpc) is 2.49. The van der Waals surface area contributed by atoms with Gasteiger partial charge in [0.15, 0.2) is 0 Å². The van der Waals surface area contributed by atoms with E-state index in [1.54, 1.807) is 12.3 Å². The molecule has 4 nitrogen and oxygen atoms in total. The van der Waals surface area contributed by atoms with Crippen LogP contribution in [0.4, 0.5) is 5.82 Å². The van der Waals surface area contributed by atoms with Crippen LogP contribution in [0, 0.1) is 0 Å². The number of nitrogens with zero attached hydrogens (tertiary/aromatic N) is 1. The molecule has 110 valence electrons. The van der Waals surface area contributed by atoms with Crippen molar-refractivity contribution in [2.45, 2.75) is 19.8 Å². The highest BCUT2D eigenvalue weighted by Gasteiger charge is 2.07. The molecule has 1 heterocycles. The third-order valence-corrected chi connectivity index (χ3v) is 3.36. The first-order chi connectivity index (χ1) is 10.2. The van der Waals surface area contributed by atoms with E-state index in [1.165, 1.54) is 0 Å². The Hall–Kier alpha value is -1.88. The molecule has 0 aliphatic rings. The molecule has 2 rings (SSSR count). The van der Waals surface area contributed by atoms with Crippen molar-refractivity contribution in [3.05, 3.63) is 52.6 Å². The summed E-state index contributed by atoms with van der Waals surface area (Å²) >= 11 is 3.31. The summed E-state index contributed by atoms with van der Waals surface area (Å²) in [5.74, 6) is 1.34. The first kappa shape index (κ1) is 15.5. The first-order valence-corrected chi connectivity index (χ1v) is 7.60. The molecule has 0 fully saturated rings. The topological polar surface area (TPSA) is 51.2 Å². The summed E-state index contributed by atoms with van der Waals surface area (Å²) < 4.78 is 6.43. The fourth-order valence-corrected chi connectivity index (χ4v) is 2.14. The molecular formula is C16H17BrN2O2. The largest absolute Gasteiger partial charge is 0.494 e. The van der Waals surface area contributed by atoms with Crippen molar-refractivity contribution in [3.63, 3.8) is 0 Å². The van der Waals surface area contributed by atoms with Gasteiger partial charge in [-0.3, -0.25) is 4.79 Å². The normalized spacial score (nSPS) is 10.2. The molecule has 0 aliphatic carbocycles. The van der Waals surface area contributed by atoms with Crippen LogP contribution < -0.4 is 10.1 Å². The summed E-state index contributed by atoms with van der Waals surface area (Å²) in [4.78, 5) is 16.1. The second-order valence-electron chi connectivity index (χ2n) is 4.45. The molecular weight excluding hydrogens is 332 g/mol. The number of aromatic nitrogens is 1. The van der Waals surface area contributed by atoms with Gasteiger partial charge in [0.25, 0.3) is 0 Å². The fraction of sp³-hybridized carbons (Fsp3) is 0.250. The minimum atomic E-state index is -0.0591. The van der Waals surface area contributed by atoms with Crippen LogP contribution in [0.5, 0.6) is 5.75 Å². The Morgan fingerprint density at radius 1 is 1.29 bits per heavy atom. The van der Waals surface area contributed by atoms with Gasteiger partial charge in [0.2, 0.25) is 5.91 Å². The zero-order valence-electron chi connectivity index (χ0n) is 11.8. The molecule has 2 aromatic rings. The summed E-state index contributed by atoms with van der Waals surface area (Å²) in [5.41, 5.74) is 1.04. The van der Waals surface area contributed by atoms with E-state index in [1.807, 2.05) is 37.3 Å². The molecule has 0 saturated heterocycles. The maximum Gasteiger partial charge on any atom is 0.225 e. The molecule has 1 aromatic heterocycles. The van der Waals surface area contributed by atoms with Crippen LogP contribution in [-0.4, -0.2) is 17.5 Å². The molecule has 0 aliphatic heterocycles. The number of benzene rings is 1. The monoisotopic (exact) mass is 348 g/mol. The number of aryl methyl sites for hydroxylation is 1. The van der Waals surface area contributed by atoms with E-state index in [4.69, 9.17) is 4.74 Å². The van der Waals surface area contributed by atoms with Crippen LogP contribution in [0.1, 0.15) is 18.9 Å². The molecule has 0 atom stereocenters. The summed E-state index contributed by atoms with van der Waals surface area (Å²) in [6.07, 6.45) is 2.68. The van der Waals surface area contributed by atoms with Crippen molar-refractivity contribution in [1.82, 2.24) is 4.98 Å². The van der Waals surface area contributed by atoms with E-state index in [0.29, 0.717) is 25.3 Å². The number of carbonyl (C=O) groups is 1. The number of amides is 1. The number of halogens is 1. The summed E-state index contributed by atoms with van der Waals surface area (Å²) in [6, 6.07) is 11.4. The molecule has 5 heteroatoms. The molecule has 1 N–H and O–H groups in total. The van der Waals surface area contributed by atoms with Crippen LogP contribution in [-0.2, 0) is 11.2 Å². The zero-order valence-corrected chi connectivity index (χ0v) is 13.4. The third kappa shape index (κ3) is 4.86. The second-order valence-corrected chi connectivity index (χ2v) is 5.37. The van der Waals surface area contributed by atoms with Gasteiger partial charge in [-0.2, -0.15) is 0 Å². The Morgan fingerprint density at radius 2 is 2.10 bits per heavy atom. The fourth-order valence-electron chi connectivity index (χ4n) is 1.91. The Kier molecular flexibility index (Phi) is 5.75. The molecule has 1 aromatic carbocycles. The molecule has 0 spiro atoms. The SMILES string of the molecule is CCOc1ccccc1CCC(=O)Nc1ccc(Br)cn1. The van der Waals surface area contributed by atoms with E-state index < -0.39 is 0 Å². The van der Waals surface area contributed by atoms with Gasteiger partial charge in [-0.25, -0.2) is 4.98 Å². The molecule has 0 unspecified atom stereocenters. The predicted molar refractivity (Wildman–Crippen MR) is 86.5 cm³/mol. The highest BCUT2D eigenvalue weighted by atomic mass is 79.9. The summed E-state index contributed by atoms with van der Waals surface area (Å²) in [7, 11) is 0. The maximum absolute atomic E-state index is 11.9. The lowest BCUT2D eigenvalue weighted by atomic mass is 10.1. The smallest absolute Gasteiger partial charge is 0.225 e. The lowest BCUT2D eigenvalue weighted by molar-refractivity contribution is -0.116.